The molecule has 2 heterocycles. The highest BCUT2D eigenvalue weighted by molar-refractivity contribution is 5.80. The molecule has 0 unspecified atom stereocenters. The molecule has 1 atom stereocenters. The number of methoxy groups -OCH3 is 2. The van der Waals surface area contributed by atoms with E-state index in [0.717, 1.165) is 60.0 Å². The predicted octanol–water partition coefficient (Wildman–Crippen LogP) is 3.68. The third-order valence-corrected chi connectivity index (χ3v) is 6.17. The topological polar surface area (TPSA) is 68.6 Å². The van der Waals surface area contributed by atoms with Crippen molar-refractivity contribution in [3.63, 3.8) is 0 Å². The first-order valence-electron chi connectivity index (χ1n) is 10.7. The van der Waals surface area contributed by atoms with E-state index in [2.05, 4.69) is 20.9 Å². The third kappa shape index (κ3) is 4.17. The van der Waals surface area contributed by atoms with E-state index in [9.17, 15) is 4.79 Å². The summed E-state index contributed by atoms with van der Waals surface area (Å²) in [5, 5.41) is 3.17. The van der Waals surface area contributed by atoms with E-state index in [-0.39, 0.29) is 17.9 Å². The van der Waals surface area contributed by atoms with Crippen molar-refractivity contribution < 1.29 is 14.3 Å². The summed E-state index contributed by atoms with van der Waals surface area (Å²) in [7, 11) is 5.32. The Morgan fingerprint density at radius 2 is 1.87 bits per heavy atom. The van der Waals surface area contributed by atoms with Gasteiger partial charge in [0.25, 0.3) is 0 Å². The van der Waals surface area contributed by atoms with Crippen LogP contribution in [-0.2, 0) is 11.8 Å². The van der Waals surface area contributed by atoms with Crippen LogP contribution < -0.4 is 19.7 Å². The molecule has 0 spiro atoms. The zero-order chi connectivity index (χ0) is 22.0. The number of hydrogen-bond donors (Lipinski definition) is 1. The van der Waals surface area contributed by atoms with E-state index in [0.29, 0.717) is 0 Å². The van der Waals surface area contributed by atoms with Crippen LogP contribution in [0.4, 0.5) is 5.95 Å². The summed E-state index contributed by atoms with van der Waals surface area (Å²) in [6, 6.07) is 13.6. The molecule has 2 aromatic carbocycles. The van der Waals surface area contributed by atoms with Crippen LogP contribution in [0.2, 0.25) is 0 Å². The summed E-state index contributed by atoms with van der Waals surface area (Å²) >= 11 is 0. The molecule has 1 aliphatic heterocycles. The van der Waals surface area contributed by atoms with E-state index in [1.165, 1.54) is 0 Å². The molecule has 7 nitrogen and oxygen atoms in total. The van der Waals surface area contributed by atoms with Gasteiger partial charge in [-0.1, -0.05) is 12.1 Å². The maximum absolute atomic E-state index is 13.0. The Morgan fingerprint density at radius 1 is 1.13 bits per heavy atom. The van der Waals surface area contributed by atoms with Gasteiger partial charge in [-0.05, 0) is 50.1 Å². The normalized spacial score (nSPS) is 15.7. The monoisotopic (exact) mass is 422 g/mol. The van der Waals surface area contributed by atoms with Gasteiger partial charge in [0.15, 0.2) is 0 Å². The lowest BCUT2D eigenvalue weighted by atomic mass is 9.95. The van der Waals surface area contributed by atoms with Gasteiger partial charge in [0.05, 0.1) is 31.3 Å². The number of aromatic nitrogens is 2. The van der Waals surface area contributed by atoms with Crippen LogP contribution in [0, 0.1) is 5.92 Å². The number of nitrogens with one attached hydrogen (secondary N) is 1. The van der Waals surface area contributed by atoms with Gasteiger partial charge < -0.3 is 24.3 Å². The van der Waals surface area contributed by atoms with E-state index in [1.54, 1.807) is 14.2 Å². The number of hydrogen-bond acceptors (Lipinski definition) is 5. The zero-order valence-electron chi connectivity index (χ0n) is 18.6. The fourth-order valence-corrected chi connectivity index (χ4v) is 4.34. The molecule has 1 N–H and O–H groups in total. The Kier molecular flexibility index (Phi) is 6.02. The molecule has 1 saturated heterocycles. The summed E-state index contributed by atoms with van der Waals surface area (Å²) < 4.78 is 12.9. The number of anilines is 1. The highest BCUT2D eigenvalue weighted by Crippen LogP contribution is 2.30. The molecule has 1 fully saturated rings. The number of aryl methyl sites for hydroxylation is 1. The molecule has 0 radical (unpaired) electrons. The van der Waals surface area contributed by atoms with Gasteiger partial charge in [-0.15, -0.1) is 0 Å². The Hall–Kier alpha value is -3.22. The fraction of sp³-hybridized carbons (Fsp3) is 0.417. The number of nitrogens with zero attached hydrogens (tertiary/aromatic N) is 3. The minimum absolute atomic E-state index is 0.00927. The van der Waals surface area contributed by atoms with Crippen LogP contribution in [0.3, 0.4) is 0 Å². The third-order valence-electron chi connectivity index (χ3n) is 6.17. The van der Waals surface area contributed by atoms with E-state index >= 15 is 0 Å². The van der Waals surface area contributed by atoms with Crippen LogP contribution in [0.25, 0.3) is 11.0 Å². The second kappa shape index (κ2) is 8.88. The lowest BCUT2D eigenvalue weighted by Gasteiger charge is -2.32. The zero-order valence-corrected chi connectivity index (χ0v) is 18.6. The molecule has 0 bridgehead atoms. The maximum Gasteiger partial charge on any atom is 0.223 e. The van der Waals surface area contributed by atoms with Gasteiger partial charge in [-0.2, -0.15) is 0 Å². The Bertz CT molecular complexity index is 1070. The van der Waals surface area contributed by atoms with Gasteiger partial charge in [-0.3, -0.25) is 4.79 Å². The number of carbonyl (C=O) groups is 1. The quantitative estimate of drug-likeness (QED) is 0.656. The molecule has 164 valence electrons. The molecule has 0 aliphatic carbocycles. The predicted molar refractivity (Wildman–Crippen MR) is 122 cm³/mol. The smallest absolute Gasteiger partial charge is 0.223 e. The Labute approximate surface area is 183 Å². The number of ether oxygens (including phenoxy) is 2. The molecular weight excluding hydrogens is 392 g/mol. The number of carbonyl (C=O) groups excluding carboxylic acids is 1. The van der Waals surface area contributed by atoms with Crippen molar-refractivity contribution in [1.29, 1.82) is 0 Å². The van der Waals surface area contributed by atoms with Gasteiger partial charge in [-0.25, -0.2) is 4.98 Å². The molecule has 7 heteroatoms. The largest absolute Gasteiger partial charge is 0.497 e. The Morgan fingerprint density at radius 3 is 2.55 bits per heavy atom. The minimum atomic E-state index is -0.171. The Balaban J connectivity index is 1.40. The average Bonchev–Trinajstić information content (AvgIpc) is 3.15. The lowest BCUT2D eigenvalue weighted by molar-refractivity contribution is -0.126. The standard InChI is InChI=1S/C24H30N4O3/c1-16(19-15-18(30-3)9-10-22(19)31-4)25-23(29)17-11-13-28(14-12-17)24-26-20-7-5-6-8-21(20)27(24)2/h5-10,15-17H,11-14H2,1-4H3,(H,25,29)/t16-/m0/s1. The van der Waals surface area contributed by atoms with Crippen molar-refractivity contribution in [2.75, 3.05) is 32.2 Å². The summed E-state index contributed by atoms with van der Waals surface area (Å²) in [6.07, 6.45) is 1.61. The average molecular weight is 423 g/mol. The molecule has 1 aromatic heterocycles. The number of amides is 1. The van der Waals surface area contributed by atoms with E-state index in [1.807, 2.05) is 50.4 Å². The number of para-hydroxylation sites is 2. The van der Waals surface area contributed by atoms with Crippen molar-refractivity contribution in [1.82, 2.24) is 14.9 Å². The first kappa shape index (κ1) is 21.0. The molecule has 4 rings (SSSR count). The van der Waals surface area contributed by atoms with Crippen molar-refractivity contribution >= 4 is 22.9 Å². The highest BCUT2D eigenvalue weighted by atomic mass is 16.5. The van der Waals surface area contributed by atoms with Gasteiger partial charge in [0, 0.05) is 31.6 Å². The first-order valence-corrected chi connectivity index (χ1v) is 10.7. The molecule has 31 heavy (non-hydrogen) atoms. The van der Waals surface area contributed by atoms with E-state index in [4.69, 9.17) is 14.5 Å². The maximum atomic E-state index is 13.0. The molecule has 1 amide bonds. The second-order valence-corrected chi connectivity index (χ2v) is 8.06. The van der Waals surface area contributed by atoms with Crippen molar-refractivity contribution in [3.8, 4) is 11.5 Å². The van der Waals surface area contributed by atoms with Crippen LogP contribution in [0.5, 0.6) is 11.5 Å². The summed E-state index contributed by atoms with van der Waals surface area (Å²) in [4.78, 5) is 20.0. The van der Waals surface area contributed by atoms with Crippen LogP contribution in [-0.4, -0.2) is 42.8 Å². The summed E-state index contributed by atoms with van der Waals surface area (Å²) in [5.74, 6) is 2.53. The van der Waals surface area contributed by atoms with Crippen molar-refractivity contribution in [2.45, 2.75) is 25.8 Å². The number of rotatable bonds is 6. The van der Waals surface area contributed by atoms with Gasteiger partial charge in [0.1, 0.15) is 11.5 Å². The van der Waals surface area contributed by atoms with Crippen LogP contribution >= 0.6 is 0 Å². The first-order chi connectivity index (χ1) is 15.0. The number of imidazole rings is 1. The summed E-state index contributed by atoms with van der Waals surface area (Å²) in [6.45, 7) is 3.60. The summed E-state index contributed by atoms with van der Waals surface area (Å²) in [5.41, 5.74) is 3.03. The van der Waals surface area contributed by atoms with Crippen molar-refractivity contribution in [3.05, 3.63) is 48.0 Å². The van der Waals surface area contributed by atoms with E-state index < -0.39 is 0 Å². The molecular formula is C24H30N4O3. The molecule has 3 aromatic rings. The number of fused-ring (bicyclic) bond motifs is 1. The highest BCUT2D eigenvalue weighted by Gasteiger charge is 2.28. The minimum Gasteiger partial charge on any atom is -0.497 e. The van der Waals surface area contributed by atoms with Crippen molar-refractivity contribution in [2.24, 2.45) is 13.0 Å². The van der Waals surface area contributed by atoms with Crippen LogP contribution in [0.15, 0.2) is 42.5 Å². The number of benzene rings is 2. The fourth-order valence-electron chi connectivity index (χ4n) is 4.34. The SMILES string of the molecule is COc1ccc(OC)c([C@H](C)NC(=O)C2CCN(c3nc4ccccc4n3C)CC2)c1. The number of piperidine rings is 1. The van der Waals surface area contributed by atoms with Gasteiger partial charge in [0.2, 0.25) is 11.9 Å². The lowest BCUT2D eigenvalue weighted by Crippen LogP contribution is -2.42. The van der Waals surface area contributed by atoms with Gasteiger partial charge >= 0.3 is 0 Å². The second-order valence-electron chi connectivity index (χ2n) is 8.06. The molecule has 1 aliphatic rings. The molecule has 0 saturated carbocycles. The van der Waals surface area contributed by atoms with Crippen LogP contribution in [0.1, 0.15) is 31.4 Å².